The van der Waals surface area contributed by atoms with E-state index in [1.807, 2.05) is 25.1 Å². The number of hydrogen-bond acceptors (Lipinski definition) is 9. The van der Waals surface area contributed by atoms with Crippen LogP contribution >= 0.6 is 0 Å². The molecule has 3 aliphatic carbocycles. The Kier molecular flexibility index (Phi) is 7.26. The van der Waals surface area contributed by atoms with Crippen molar-refractivity contribution in [3.8, 4) is 5.75 Å². The Bertz CT molecular complexity index is 1220. The van der Waals surface area contributed by atoms with Gasteiger partial charge >= 0.3 is 0 Å². The van der Waals surface area contributed by atoms with Gasteiger partial charge in [0.2, 0.25) is 5.91 Å². The third-order valence-corrected chi connectivity index (χ3v) is 8.65. The number of benzene rings is 1. The second kappa shape index (κ2) is 9.89. The topological polar surface area (TPSA) is 158 Å². The molecule has 4 N–H and O–H groups in total. The van der Waals surface area contributed by atoms with E-state index in [1.165, 1.54) is 4.90 Å². The molecule has 0 heterocycles. The number of amides is 1. The van der Waals surface area contributed by atoms with Gasteiger partial charge in [0.25, 0.3) is 0 Å². The van der Waals surface area contributed by atoms with E-state index < -0.39 is 64.4 Å². The number of anilines is 1. The van der Waals surface area contributed by atoms with E-state index in [0.29, 0.717) is 17.5 Å². The average Bonchev–Trinajstić information content (AvgIpc) is 2.82. The maximum absolute atomic E-state index is 14.0. The summed E-state index contributed by atoms with van der Waals surface area (Å²) < 4.78 is 0. The first-order valence-electron chi connectivity index (χ1n) is 13.2. The summed E-state index contributed by atoms with van der Waals surface area (Å²) in [5, 5.41) is 22.9. The Morgan fingerprint density at radius 2 is 1.76 bits per heavy atom. The number of fused-ring (bicyclic) bond motifs is 3. The summed E-state index contributed by atoms with van der Waals surface area (Å²) in [6, 6.07) is 0.769. The standard InChI is InChI=1S/C28H37N3O7/c1-6-7-8-9-13-12-17(30(2)3)15-10-14-11-16-21(31(4)5)24(34)20(27(29)37)26(36)28(16,38)25(35)18(14)23(33)19(15)22(13)32/h12,14,16,18,20-21,32,38H,6-11H2,1-5H3,(H2,29,37)/t14-,16-,18?,20?,21-,28-/m1/s1. The number of Topliss-reactive ketones (excluding diaryl/α,β-unsaturated/α-hetero) is 4. The zero-order valence-electron chi connectivity index (χ0n) is 22.6. The van der Waals surface area contributed by atoms with Gasteiger partial charge in [0.05, 0.1) is 17.5 Å². The Morgan fingerprint density at radius 3 is 2.32 bits per heavy atom. The Hall–Kier alpha value is -3.11. The summed E-state index contributed by atoms with van der Waals surface area (Å²) in [6.07, 6.45) is 3.60. The highest BCUT2D eigenvalue weighted by atomic mass is 16.3. The molecule has 0 aliphatic heterocycles. The minimum atomic E-state index is -2.71. The minimum absolute atomic E-state index is 0.0375. The van der Waals surface area contributed by atoms with E-state index >= 15 is 0 Å². The quantitative estimate of drug-likeness (QED) is 0.342. The van der Waals surface area contributed by atoms with Gasteiger partial charge in [-0.1, -0.05) is 19.8 Å². The smallest absolute Gasteiger partial charge is 0.235 e. The van der Waals surface area contributed by atoms with Crippen LogP contribution in [0.3, 0.4) is 0 Å². The number of phenolic OH excluding ortho intramolecular Hbond substituents is 1. The molecule has 0 radical (unpaired) electrons. The lowest BCUT2D eigenvalue weighted by Gasteiger charge is -2.52. The van der Waals surface area contributed by atoms with E-state index in [9.17, 15) is 34.2 Å². The number of likely N-dealkylation sites (N-methyl/N-ethyl adjacent to an activating group) is 1. The molecular formula is C28H37N3O7. The monoisotopic (exact) mass is 527 g/mol. The first-order chi connectivity index (χ1) is 17.8. The van der Waals surface area contributed by atoms with E-state index in [-0.39, 0.29) is 24.2 Å². The zero-order chi connectivity index (χ0) is 28.3. The molecule has 0 saturated heterocycles. The van der Waals surface area contributed by atoms with Crippen molar-refractivity contribution in [2.24, 2.45) is 29.4 Å². The van der Waals surface area contributed by atoms with Gasteiger partial charge in [-0.2, -0.15) is 0 Å². The molecule has 10 heteroatoms. The van der Waals surface area contributed by atoms with Gasteiger partial charge in [0.1, 0.15) is 5.75 Å². The number of carbonyl (C=O) groups excluding carboxylic acids is 5. The summed E-state index contributed by atoms with van der Waals surface area (Å²) in [6.45, 7) is 2.07. The van der Waals surface area contributed by atoms with Crippen molar-refractivity contribution in [1.82, 2.24) is 4.90 Å². The number of rotatable bonds is 7. The molecule has 2 unspecified atom stereocenters. The highest BCUT2D eigenvalue weighted by Gasteiger charge is 2.69. The number of nitrogens with zero attached hydrogens (tertiary/aromatic N) is 2. The molecule has 206 valence electrons. The molecule has 0 aromatic heterocycles. The SMILES string of the molecule is CCCCCc1cc(N(C)C)c2c(c1O)C(=O)C1C(=O)[C@@]3(O)C(=O)C(C(N)=O)C(=O)[C@H](N(C)C)[C@H]3C[C@H]1C2. The number of phenols is 1. The summed E-state index contributed by atoms with van der Waals surface area (Å²) in [5.74, 6) is -10.2. The number of hydrogen-bond donors (Lipinski definition) is 3. The molecule has 6 atom stereocenters. The Morgan fingerprint density at radius 1 is 1.11 bits per heavy atom. The molecule has 38 heavy (non-hydrogen) atoms. The number of carbonyl (C=O) groups is 5. The van der Waals surface area contributed by atoms with Crippen LogP contribution in [0.4, 0.5) is 5.69 Å². The normalized spacial score (nSPS) is 30.7. The number of ketones is 4. The van der Waals surface area contributed by atoms with Gasteiger partial charge in [-0.15, -0.1) is 0 Å². The van der Waals surface area contributed by atoms with Crippen molar-refractivity contribution in [3.63, 3.8) is 0 Å². The van der Waals surface area contributed by atoms with Crippen LogP contribution in [0, 0.1) is 23.7 Å². The van der Waals surface area contributed by atoms with Crippen molar-refractivity contribution < 1.29 is 34.2 Å². The number of aromatic hydroxyl groups is 1. The molecule has 10 nitrogen and oxygen atoms in total. The van der Waals surface area contributed by atoms with Crippen molar-refractivity contribution in [2.75, 3.05) is 33.1 Å². The average molecular weight is 528 g/mol. The van der Waals surface area contributed by atoms with Crippen LogP contribution in [0.15, 0.2) is 6.07 Å². The molecule has 0 bridgehead atoms. The Balaban J connectivity index is 1.86. The van der Waals surface area contributed by atoms with Crippen molar-refractivity contribution in [1.29, 1.82) is 0 Å². The lowest BCUT2D eigenvalue weighted by Crippen LogP contribution is -2.74. The van der Waals surface area contributed by atoms with Crippen LogP contribution in [-0.2, 0) is 32.0 Å². The highest BCUT2D eigenvalue weighted by Crippen LogP contribution is 2.52. The highest BCUT2D eigenvalue weighted by molar-refractivity contribution is 6.32. The number of unbranched alkanes of at least 4 members (excludes halogenated alkanes) is 2. The van der Waals surface area contributed by atoms with Crippen LogP contribution in [0.25, 0.3) is 0 Å². The van der Waals surface area contributed by atoms with Gasteiger partial charge in [-0.3, -0.25) is 28.9 Å². The minimum Gasteiger partial charge on any atom is -0.507 e. The first-order valence-corrected chi connectivity index (χ1v) is 13.2. The largest absolute Gasteiger partial charge is 0.507 e. The maximum atomic E-state index is 14.0. The van der Waals surface area contributed by atoms with Gasteiger partial charge in [-0.25, -0.2) is 0 Å². The van der Waals surface area contributed by atoms with E-state index in [1.54, 1.807) is 14.1 Å². The van der Waals surface area contributed by atoms with E-state index in [4.69, 9.17) is 5.73 Å². The van der Waals surface area contributed by atoms with Crippen LogP contribution in [-0.4, -0.2) is 84.0 Å². The molecule has 2 fully saturated rings. The molecule has 1 aromatic carbocycles. The fraction of sp³-hybridized carbons (Fsp3) is 0.607. The number of aryl methyl sites for hydroxylation is 1. The predicted octanol–water partition coefficient (Wildman–Crippen LogP) is 0.666. The molecule has 0 spiro atoms. The molecule has 3 aliphatic rings. The van der Waals surface area contributed by atoms with Gasteiger partial charge in [0.15, 0.2) is 34.7 Å². The molecule has 2 saturated carbocycles. The second-order valence-electron chi connectivity index (χ2n) is 11.4. The lowest BCUT2D eigenvalue weighted by atomic mass is 9.52. The van der Waals surface area contributed by atoms with Crippen molar-refractivity contribution >= 4 is 34.7 Å². The summed E-state index contributed by atoms with van der Waals surface area (Å²) in [7, 11) is 6.82. The lowest BCUT2D eigenvalue weighted by molar-refractivity contribution is -0.181. The molecule has 1 aromatic rings. The molecule has 4 rings (SSSR count). The predicted molar refractivity (Wildman–Crippen MR) is 139 cm³/mol. The van der Waals surface area contributed by atoms with Gasteiger partial charge in [0, 0.05) is 25.7 Å². The second-order valence-corrected chi connectivity index (χ2v) is 11.4. The van der Waals surface area contributed by atoms with Crippen LogP contribution in [0.5, 0.6) is 5.75 Å². The van der Waals surface area contributed by atoms with E-state index in [2.05, 4.69) is 6.92 Å². The maximum Gasteiger partial charge on any atom is 0.235 e. The fourth-order valence-electron chi connectivity index (χ4n) is 6.86. The number of aliphatic hydroxyl groups is 1. The molecular weight excluding hydrogens is 490 g/mol. The number of primary amides is 1. The molecule has 1 amide bonds. The van der Waals surface area contributed by atoms with Gasteiger partial charge < -0.3 is 20.8 Å². The van der Waals surface area contributed by atoms with Gasteiger partial charge in [-0.05, 0) is 62.9 Å². The van der Waals surface area contributed by atoms with Crippen LogP contribution in [0.1, 0.15) is 54.1 Å². The fourth-order valence-corrected chi connectivity index (χ4v) is 6.86. The summed E-state index contributed by atoms with van der Waals surface area (Å²) in [5.41, 5.74) is 4.68. The van der Waals surface area contributed by atoms with Crippen molar-refractivity contribution in [3.05, 3.63) is 22.8 Å². The number of nitrogens with two attached hydrogens (primary N) is 1. The third kappa shape index (κ3) is 3.96. The van der Waals surface area contributed by atoms with E-state index in [0.717, 1.165) is 24.9 Å². The zero-order valence-corrected chi connectivity index (χ0v) is 22.6. The van der Waals surface area contributed by atoms with Crippen molar-refractivity contribution in [2.45, 2.75) is 57.1 Å². The van der Waals surface area contributed by atoms with Crippen LogP contribution in [0.2, 0.25) is 0 Å². The first kappa shape index (κ1) is 27.9. The Labute approximate surface area is 222 Å². The third-order valence-electron chi connectivity index (χ3n) is 8.65. The summed E-state index contributed by atoms with van der Waals surface area (Å²) >= 11 is 0. The van der Waals surface area contributed by atoms with Crippen LogP contribution < -0.4 is 10.6 Å². The summed E-state index contributed by atoms with van der Waals surface area (Å²) in [4.78, 5) is 69.9.